The maximum Gasteiger partial charge on any atom is 0.273 e. The van der Waals surface area contributed by atoms with Crippen molar-refractivity contribution in [2.24, 2.45) is 0 Å². The van der Waals surface area contributed by atoms with Gasteiger partial charge in [-0.1, -0.05) is 19.3 Å². The first kappa shape index (κ1) is 24.8. The van der Waals surface area contributed by atoms with Crippen molar-refractivity contribution >= 4 is 29.5 Å². The molecule has 0 radical (unpaired) electrons. The molecule has 3 fully saturated rings. The minimum atomic E-state index is -0.281. The summed E-state index contributed by atoms with van der Waals surface area (Å²) in [6.45, 7) is 9.25. The van der Waals surface area contributed by atoms with Gasteiger partial charge < -0.3 is 24.9 Å². The van der Waals surface area contributed by atoms with Gasteiger partial charge in [0.15, 0.2) is 0 Å². The molecular weight excluding hydrogens is 458 g/mol. The van der Waals surface area contributed by atoms with Gasteiger partial charge in [-0.3, -0.25) is 14.4 Å². The summed E-state index contributed by atoms with van der Waals surface area (Å²) < 4.78 is 0. The van der Waals surface area contributed by atoms with Crippen LogP contribution in [0.5, 0.6) is 0 Å². The van der Waals surface area contributed by atoms with E-state index in [9.17, 15) is 14.4 Å². The number of anilines is 2. The fourth-order valence-corrected chi connectivity index (χ4v) is 6.02. The minimum absolute atomic E-state index is 0.0473. The van der Waals surface area contributed by atoms with Gasteiger partial charge in [-0.2, -0.15) is 4.98 Å². The van der Waals surface area contributed by atoms with E-state index in [2.05, 4.69) is 15.1 Å². The van der Waals surface area contributed by atoms with Gasteiger partial charge in [0.2, 0.25) is 17.8 Å². The Labute approximate surface area is 213 Å². The molecule has 3 amide bonds. The lowest BCUT2D eigenvalue weighted by Gasteiger charge is -2.35. The molecule has 1 aliphatic carbocycles. The monoisotopic (exact) mass is 497 g/mol. The molecule has 2 saturated heterocycles. The first-order chi connectivity index (χ1) is 17.3. The zero-order valence-corrected chi connectivity index (χ0v) is 21.8. The number of piperazine rings is 1. The van der Waals surface area contributed by atoms with Gasteiger partial charge in [0.1, 0.15) is 17.6 Å². The Bertz CT molecular complexity index is 1020. The Morgan fingerprint density at radius 3 is 2.33 bits per heavy atom. The fraction of sp³-hybridized carbons (Fsp3) is 0.731. The van der Waals surface area contributed by atoms with Crippen LogP contribution in [0.25, 0.3) is 0 Å². The smallest absolute Gasteiger partial charge is 0.273 e. The molecule has 1 aromatic heterocycles. The van der Waals surface area contributed by atoms with Crippen LogP contribution in [0.2, 0.25) is 0 Å². The van der Waals surface area contributed by atoms with Crippen LogP contribution in [0, 0.1) is 0 Å². The summed E-state index contributed by atoms with van der Waals surface area (Å²) in [5.74, 6) is 1.31. The summed E-state index contributed by atoms with van der Waals surface area (Å²) in [7, 11) is 0. The van der Waals surface area contributed by atoms with Crippen molar-refractivity contribution in [2.45, 2.75) is 90.4 Å². The molecule has 10 heteroatoms. The third kappa shape index (κ3) is 4.74. The first-order valence-electron chi connectivity index (χ1n) is 13.6. The maximum atomic E-state index is 13.4. The lowest BCUT2D eigenvalue weighted by Crippen LogP contribution is -2.49. The lowest BCUT2D eigenvalue weighted by molar-refractivity contribution is -0.129. The Morgan fingerprint density at radius 2 is 1.67 bits per heavy atom. The van der Waals surface area contributed by atoms with Crippen molar-refractivity contribution < 1.29 is 14.4 Å². The third-order valence-corrected chi connectivity index (χ3v) is 8.18. The average Bonchev–Trinajstić information content (AvgIpc) is 3.49. The number of nitrogens with zero attached hydrogens (tertiary/aromatic N) is 6. The summed E-state index contributed by atoms with van der Waals surface area (Å²) >= 11 is 0. The number of carbonyl (C=O) groups excluding carboxylic acids is 3. The van der Waals surface area contributed by atoms with E-state index in [1.165, 1.54) is 19.3 Å². The SMILES string of the molecule is CC(=O)N1CCN(c2nc3c(c(N4CCC[C@@H]4C(=O)NC4CCCCC4)n2)CN(C(C)C)C3=O)CC1. The van der Waals surface area contributed by atoms with Crippen molar-refractivity contribution in [3.05, 3.63) is 11.3 Å². The second kappa shape index (κ2) is 10.2. The molecule has 1 saturated carbocycles. The number of hydrogen-bond acceptors (Lipinski definition) is 7. The summed E-state index contributed by atoms with van der Waals surface area (Å²) in [4.78, 5) is 56.1. The molecule has 0 unspecified atom stereocenters. The number of aromatic nitrogens is 2. The van der Waals surface area contributed by atoms with E-state index in [0.717, 1.165) is 43.6 Å². The van der Waals surface area contributed by atoms with Crippen LogP contribution in [-0.4, -0.2) is 88.3 Å². The van der Waals surface area contributed by atoms with Crippen molar-refractivity contribution in [1.82, 2.24) is 25.1 Å². The second-order valence-corrected chi connectivity index (χ2v) is 10.9. The van der Waals surface area contributed by atoms with Gasteiger partial charge in [-0.25, -0.2) is 4.98 Å². The minimum Gasteiger partial charge on any atom is -0.352 e. The molecule has 1 aromatic rings. The molecular formula is C26H39N7O3. The van der Waals surface area contributed by atoms with Crippen molar-refractivity contribution in [3.63, 3.8) is 0 Å². The van der Waals surface area contributed by atoms with E-state index >= 15 is 0 Å². The van der Waals surface area contributed by atoms with E-state index in [1.807, 2.05) is 23.6 Å². The normalized spacial score (nSPS) is 23.0. The van der Waals surface area contributed by atoms with Crippen LogP contribution in [0.3, 0.4) is 0 Å². The summed E-state index contributed by atoms with van der Waals surface area (Å²) in [6.07, 6.45) is 7.39. The van der Waals surface area contributed by atoms with Crippen LogP contribution in [0.1, 0.15) is 81.8 Å². The van der Waals surface area contributed by atoms with Gasteiger partial charge >= 0.3 is 0 Å². The number of fused-ring (bicyclic) bond motifs is 1. The topological polar surface area (TPSA) is 102 Å². The van der Waals surface area contributed by atoms with E-state index in [-0.39, 0.29) is 35.8 Å². The van der Waals surface area contributed by atoms with Crippen molar-refractivity contribution in [2.75, 3.05) is 42.5 Å². The highest BCUT2D eigenvalue weighted by atomic mass is 16.2. The Morgan fingerprint density at radius 1 is 0.944 bits per heavy atom. The second-order valence-electron chi connectivity index (χ2n) is 10.9. The van der Waals surface area contributed by atoms with Crippen LogP contribution in [0.15, 0.2) is 0 Å². The molecule has 0 aromatic carbocycles. The quantitative estimate of drug-likeness (QED) is 0.663. The largest absolute Gasteiger partial charge is 0.352 e. The Hall–Kier alpha value is -2.91. The van der Waals surface area contributed by atoms with Gasteiger partial charge in [-0.15, -0.1) is 0 Å². The van der Waals surface area contributed by atoms with Gasteiger partial charge in [0.05, 0.1) is 6.54 Å². The predicted octanol–water partition coefficient (Wildman–Crippen LogP) is 1.93. The molecule has 10 nitrogen and oxygen atoms in total. The third-order valence-electron chi connectivity index (χ3n) is 8.18. The maximum absolute atomic E-state index is 13.4. The Kier molecular flexibility index (Phi) is 7.03. The zero-order chi connectivity index (χ0) is 25.4. The fourth-order valence-electron chi connectivity index (χ4n) is 6.02. The molecule has 36 heavy (non-hydrogen) atoms. The van der Waals surface area contributed by atoms with Crippen LogP contribution >= 0.6 is 0 Å². The Balaban J connectivity index is 1.44. The summed E-state index contributed by atoms with van der Waals surface area (Å²) in [5, 5.41) is 3.31. The standard InChI is InChI=1S/C26H39N7O3/c1-17(2)33-16-20-22(25(33)36)28-26(31-14-12-30(13-15-31)18(3)34)29-23(20)32-11-7-10-21(32)24(35)27-19-8-5-4-6-9-19/h17,19,21H,4-16H2,1-3H3,(H,27,35)/t21-/m1/s1. The number of amides is 3. The number of hydrogen-bond donors (Lipinski definition) is 1. The van der Waals surface area contributed by atoms with E-state index in [0.29, 0.717) is 44.4 Å². The van der Waals surface area contributed by atoms with Crippen LogP contribution in [0.4, 0.5) is 11.8 Å². The molecule has 1 atom stereocenters. The molecule has 4 aliphatic rings. The van der Waals surface area contributed by atoms with Crippen molar-refractivity contribution in [3.8, 4) is 0 Å². The number of rotatable bonds is 5. The molecule has 4 heterocycles. The van der Waals surface area contributed by atoms with Gasteiger partial charge in [-0.05, 0) is 39.5 Å². The van der Waals surface area contributed by atoms with Gasteiger partial charge in [0.25, 0.3) is 5.91 Å². The number of carbonyl (C=O) groups is 3. The summed E-state index contributed by atoms with van der Waals surface area (Å²) in [5.41, 5.74) is 1.29. The van der Waals surface area contributed by atoms with E-state index < -0.39 is 0 Å². The lowest BCUT2D eigenvalue weighted by atomic mass is 9.95. The zero-order valence-electron chi connectivity index (χ0n) is 21.8. The first-order valence-corrected chi connectivity index (χ1v) is 13.6. The molecule has 3 aliphatic heterocycles. The number of nitrogens with one attached hydrogen (secondary N) is 1. The van der Waals surface area contributed by atoms with Crippen molar-refractivity contribution in [1.29, 1.82) is 0 Å². The predicted molar refractivity (Wildman–Crippen MR) is 137 cm³/mol. The summed E-state index contributed by atoms with van der Waals surface area (Å²) in [6, 6.07) is 0.0265. The average molecular weight is 498 g/mol. The highest BCUT2D eigenvalue weighted by molar-refractivity contribution is 5.99. The highest BCUT2D eigenvalue weighted by Crippen LogP contribution is 2.36. The molecule has 0 spiro atoms. The van der Waals surface area contributed by atoms with Crippen LogP contribution < -0.4 is 15.1 Å². The molecule has 0 bridgehead atoms. The van der Waals surface area contributed by atoms with Gasteiger partial charge in [0, 0.05) is 57.3 Å². The van der Waals surface area contributed by atoms with Crippen LogP contribution in [-0.2, 0) is 16.1 Å². The molecule has 196 valence electrons. The molecule has 1 N–H and O–H groups in total. The highest BCUT2D eigenvalue weighted by Gasteiger charge is 2.40. The van der Waals surface area contributed by atoms with E-state index in [1.54, 1.807) is 6.92 Å². The molecule has 5 rings (SSSR count). The van der Waals surface area contributed by atoms with E-state index in [4.69, 9.17) is 9.97 Å².